The van der Waals surface area contributed by atoms with E-state index in [2.05, 4.69) is 9.72 Å². The molecule has 20 heavy (non-hydrogen) atoms. The summed E-state index contributed by atoms with van der Waals surface area (Å²) < 4.78 is 39.7. The highest BCUT2D eigenvalue weighted by Crippen LogP contribution is 2.28. The van der Waals surface area contributed by atoms with Gasteiger partial charge < -0.3 is 9.84 Å². The molecule has 7 heteroatoms. The molecule has 0 aliphatic rings. The maximum absolute atomic E-state index is 12.0. The van der Waals surface area contributed by atoms with E-state index in [1.54, 1.807) is 0 Å². The molecule has 0 atom stereocenters. The van der Waals surface area contributed by atoms with Crippen LogP contribution in [0.5, 0.6) is 11.5 Å². The van der Waals surface area contributed by atoms with Crippen LogP contribution >= 0.6 is 0 Å². The third kappa shape index (κ3) is 3.25. The van der Waals surface area contributed by atoms with E-state index in [1.165, 1.54) is 24.4 Å². The first-order valence-electron chi connectivity index (χ1n) is 5.39. The molecule has 2 aromatic rings. The van der Waals surface area contributed by atoms with Crippen LogP contribution in [0.3, 0.4) is 0 Å². The van der Waals surface area contributed by atoms with Gasteiger partial charge in [-0.1, -0.05) is 12.1 Å². The van der Waals surface area contributed by atoms with Gasteiger partial charge in [0.1, 0.15) is 17.2 Å². The van der Waals surface area contributed by atoms with E-state index >= 15 is 0 Å². The minimum absolute atomic E-state index is 0.106. The van der Waals surface area contributed by atoms with Gasteiger partial charge in [-0.2, -0.15) is 0 Å². The standard InChI is InChI=1S/C13H8F3NO3/c14-13(15,16)20-10-3-1-8(2-4-10)9-5-12(19)11(7-18)17-6-9/h1-7,19H. The number of aromatic hydroxyl groups is 1. The summed E-state index contributed by atoms with van der Waals surface area (Å²) in [5.41, 5.74) is 0.886. The third-order valence-corrected chi connectivity index (χ3v) is 2.43. The largest absolute Gasteiger partial charge is 0.573 e. The Bertz CT molecular complexity index is 624. The Morgan fingerprint density at radius 3 is 2.30 bits per heavy atom. The zero-order chi connectivity index (χ0) is 14.8. The molecule has 4 nitrogen and oxygen atoms in total. The molecule has 0 aliphatic heterocycles. The van der Waals surface area contributed by atoms with E-state index in [4.69, 9.17) is 0 Å². The second-order valence-corrected chi connectivity index (χ2v) is 3.82. The quantitative estimate of drug-likeness (QED) is 0.879. The van der Waals surface area contributed by atoms with Crippen LogP contribution in [-0.2, 0) is 0 Å². The van der Waals surface area contributed by atoms with E-state index in [0.29, 0.717) is 17.4 Å². The third-order valence-electron chi connectivity index (χ3n) is 2.43. The highest BCUT2D eigenvalue weighted by atomic mass is 19.4. The number of aldehydes is 1. The van der Waals surface area contributed by atoms with E-state index in [0.717, 1.165) is 12.1 Å². The van der Waals surface area contributed by atoms with E-state index in [9.17, 15) is 23.1 Å². The van der Waals surface area contributed by atoms with Crippen molar-refractivity contribution in [1.82, 2.24) is 4.98 Å². The number of rotatable bonds is 3. The first-order chi connectivity index (χ1) is 9.39. The van der Waals surface area contributed by atoms with Crippen molar-refractivity contribution < 1.29 is 27.8 Å². The molecule has 1 heterocycles. The lowest BCUT2D eigenvalue weighted by Crippen LogP contribution is -2.16. The Morgan fingerprint density at radius 2 is 1.80 bits per heavy atom. The monoisotopic (exact) mass is 283 g/mol. The second-order valence-electron chi connectivity index (χ2n) is 3.82. The molecule has 0 unspecified atom stereocenters. The molecule has 0 spiro atoms. The van der Waals surface area contributed by atoms with Crippen molar-refractivity contribution in [3.8, 4) is 22.6 Å². The first kappa shape index (κ1) is 13.9. The van der Waals surface area contributed by atoms with E-state index in [-0.39, 0.29) is 17.2 Å². The normalized spacial score (nSPS) is 11.2. The van der Waals surface area contributed by atoms with Crippen LogP contribution in [0.25, 0.3) is 11.1 Å². The SMILES string of the molecule is O=Cc1ncc(-c2ccc(OC(F)(F)F)cc2)cc1O. The van der Waals surface area contributed by atoms with Crippen molar-refractivity contribution in [3.05, 3.63) is 42.2 Å². The van der Waals surface area contributed by atoms with Crippen LogP contribution < -0.4 is 4.74 Å². The Morgan fingerprint density at radius 1 is 1.15 bits per heavy atom. The second kappa shape index (κ2) is 5.20. The summed E-state index contributed by atoms with van der Waals surface area (Å²) in [4.78, 5) is 14.2. The molecule has 0 bridgehead atoms. The summed E-state index contributed by atoms with van der Waals surface area (Å²) in [6.45, 7) is 0. The number of carbonyl (C=O) groups excluding carboxylic acids is 1. The molecule has 0 amide bonds. The molecule has 0 saturated carbocycles. The summed E-state index contributed by atoms with van der Waals surface area (Å²) in [5.74, 6) is -0.643. The van der Waals surface area contributed by atoms with Gasteiger partial charge in [-0.25, -0.2) is 4.98 Å². The Hall–Kier alpha value is -2.57. The van der Waals surface area contributed by atoms with Crippen molar-refractivity contribution in [2.24, 2.45) is 0 Å². The summed E-state index contributed by atoms with van der Waals surface area (Å²) in [6.07, 6.45) is -3.00. The van der Waals surface area contributed by atoms with Gasteiger partial charge in [0, 0.05) is 11.8 Å². The average molecular weight is 283 g/mol. The van der Waals surface area contributed by atoms with Crippen molar-refractivity contribution in [2.75, 3.05) is 0 Å². The number of benzene rings is 1. The number of alkyl halides is 3. The van der Waals surface area contributed by atoms with E-state index in [1.807, 2.05) is 0 Å². The van der Waals surface area contributed by atoms with Crippen LogP contribution in [0.2, 0.25) is 0 Å². The summed E-state index contributed by atoms with van der Waals surface area (Å²) in [7, 11) is 0. The molecule has 1 aromatic heterocycles. The highest BCUT2D eigenvalue weighted by molar-refractivity contribution is 5.78. The van der Waals surface area contributed by atoms with Crippen LogP contribution in [-0.4, -0.2) is 22.7 Å². The van der Waals surface area contributed by atoms with Gasteiger partial charge in [0.25, 0.3) is 0 Å². The number of hydrogen-bond donors (Lipinski definition) is 1. The van der Waals surface area contributed by atoms with Gasteiger partial charge in [0.2, 0.25) is 0 Å². The average Bonchev–Trinajstić information content (AvgIpc) is 2.37. The van der Waals surface area contributed by atoms with Gasteiger partial charge in [-0.05, 0) is 23.8 Å². The first-order valence-corrected chi connectivity index (χ1v) is 5.39. The molecule has 1 aromatic carbocycles. The molecular weight excluding hydrogens is 275 g/mol. The predicted octanol–water partition coefficient (Wildman–Crippen LogP) is 3.17. The Kier molecular flexibility index (Phi) is 3.60. The molecular formula is C13H8F3NO3. The van der Waals surface area contributed by atoms with Gasteiger partial charge in [0.05, 0.1) is 0 Å². The maximum atomic E-state index is 12.0. The zero-order valence-electron chi connectivity index (χ0n) is 9.89. The summed E-state index contributed by atoms with van der Waals surface area (Å²) in [5, 5.41) is 9.49. The fraction of sp³-hybridized carbons (Fsp3) is 0.0769. The molecule has 2 rings (SSSR count). The predicted molar refractivity (Wildman–Crippen MR) is 63.4 cm³/mol. The fourth-order valence-corrected chi connectivity index (χ4v) is 1.56. The van der Waals surface area contributed by atoms with E-state index < -0.39 is 6.36 Å². The summed E-state index contributed by atoms with van der Waals surface area (Å²) in [6, 6.07) is 6.37. The number of ether oxygens (including phenoxy) is 1. The minimum Gasteiger partial charge on any atom is -0.506 e. The van der Waals surface area contributed by atoms with Crippen LogP contribution in [0, 0.1) is 0 Å². The van der Waals surface area contributed by atoms with Gasteiger partial charge >= 0.3 is 6.36 Å². The highest BCUT2D eigenvalue weighted by Gasteiger charge is 2.30. The van der Waals surface area contributed by atoms with Crippen LogP contribution in [0.1, 0.15) is 10.5 Å². The number of aromatic nitrogens is 1. The molecule has 104 valence electrons. The smallest absolute Gasteiger partial charge is 0.506 e. The molecule has 0 saturated heterocycles. The molecule has 0 fully saturated rings. The number of hydrogen-bond acceptors (Lipinski definition) is 4. The van der Waals surface area contributed by atoms with Crippen LogP contribution in [0.15, 0.2) is 36.5 Å². The van der Waals surface area contributed by atoms with Crippen molar-refractivity contribution in [2.45, 2.75) is 6.36 Å². The molecule has 1 N–H and O–H groups in total. The van der Waals surface area contributed by atoms with Crippen molar-refractivity contribution >= 4 is 6.29 Å². The Labute approximate surface area is 111 Å². The number of halogens is 3. The molecule has 0 aliphatic carbocycles. The lowest BCUT2D eigenvalue weighted by Gasteiger charge is -2.09. The molecule has 0 radical (unpaired) electrons. The maximum Gasteiger partial charge on any atom is 0.573 e. The fourth-order valence-electron chi connectivity index (χ4n) is 1.56. The number of carbonyl (C=O) groups is 1. The van der Waals surface area contributed by atoms with Crippen LogP contribution in [0.4, 0.5) is 13.2 Å². The number of pyridine rings is 1. The van der Waals surface area contributed by atoms with Crippen molar-refractivity contribution in [1.29, 1.82) is 0 Å². The lowest BCUT2D eigenvalue weighted by molar-refractivity contribution is -0.274. The number of nitrogens with zero attached hydrogens (tertiary/aromatic N) is 1. The van der Waals surface area contributed by atoms with Crippen molar-refractivity contribution in [3.63, 3.8) is 0 Å². The summed E-state index contributed by atoms with van der Waals surface area (Å²) >= 11 is 0. The van der Waals surface area contributed by atoms with Gasteiger partial charge in [-0.3, -0.25) is 4.79 Å². The Balaban J connectivity index is 2.26. The lowest BCUT2D eigenvalue weighted by atomic mass is 10.1. The topological polar surface area (TPSA) is 59.4 Å². The van der Waals surface area contributed by atoms with Gasteiger partial charge in [0.15, 0.2) is 6.29 Å². The minimum atomic E-state index is -4.74. The van der Waals surface area contributed by atoms with Gasteiger partial charge in [-0.15, -0.1) is 13.2 Å². The zero-order valence-corrected chi connectivity index (χ0v) is 9.89.